The molecule has 3 aromatic rings. The number of nitrogens with one attached hydrogen (secondary N) is 3. The molecule has 3 N–H and O–H groups in total. The van der Waals surface area contributed by atoms with E-state index in [0.717, 1.165) is 42.7 Å². The summed E-state index contributed by atoms with van der Waals surface area (Å²) in [5.74, 6) is -4.36. The van der Waals surface area contributed by atoms with Crippen LogP contribution in [0.5, 0.6) is 0 Å². The number of carbonyl (C=O) groups excluding carboxylic acids is 1. The largest absolute Gasteiger partial charge is 0.433 e. The molecule has 0 radical (unpaired) electrons. The fraction of sp³-hybridized carbons (Fsp3) is 0.333. The lowest BCUT2D eigenvalue weighted by molar-refractivity contribution is -0.140. The van der Waals surface area contributed by atoms with Gasteiger partial charge in [0.15, 0.2) is 5.82 Å². The number of sulfonamides is 1. The van der Waals surface area contributed by atoms with E-state index in [0.29, 0.717) is 19.3 Å². The van der Waals surface area contributed by atoms with Crippen LogP contribution >= 0.6 is 0 Å². The van der Waals surface area contributed by atoms with Crippen molar-refractivity contribution >= 4 is 38.2 Å². The molecule has 2 aromatic carbocycles. The molecule has 0 saturated heterocycles. The molecule has 0 spiro atoms. The Balaban J connectivity index is 1.54. The average molecular weight is 561 g/mol. The number of fused-ring (bicyclic) bond motifs is 1. The van der Waals surface area contributed by atoms with Crippen molar-refractivity contribution in [1.82, 2.24) is 10.3 Å². The number of halogens is 6. The highest BCUT2D eigenvalue weighted by atomic mass is 32.2. The highest BCUT2D eigenvalue weighted by Crippen LogP contribution is 2.35. The van der Waals surface area contributed by atoms with Crippen LogP contribution in [0.15, 0.2) is 36.4 Å². The Morgan fingerprint density at radius 1 is 1.00 bits per heavy atom. The number of aromatic nitrogens is 1. The van der Waals surface area contributed by atoms with Crippen molar-refractivity contribution in [2.75, 3.05) is 16.3 Å². The van der Waals surface area contributed by atoms with Gasteiger partial charge in [0.1, 0.15) is 22.9 Å². The standard InChI is InChI=1S/C24H22F6N4O3S/c1-38(36,37)34-18-8-6-16(26)21(22(18)27)23(35)32-14-4-2-3-13(10-14)31-19-11-20(24(28,29)30)33-17-7-5-12(25)9-15(17)19/h5-9,11,13-14,34H,2-4,10H2,1H3,(H,31,33)(H,32,35). The van der Waals surface area contributed by atoms with E-state index in [9.17, 15) is 39.6 Å². The molecule has 1 heterocycles. The third-order valence-corrected chi connectivity index (χ3v) is 6.63. The topological polar surface area (TPSA) is 100 Å². The highest BCUT2D eigenvalue weighted by molar-refractivity contribution is 7.92. The van der Waals surface area contributed by atoms with Crippen molar-refractivity contribution in [1.29, 1.82) is 0 Å². The van der Waals surface area contributed by atoms with E-state index in [2.05, 4.69) is 15.6 Å². The summed E-state index contributed by atoms with van der Waals surface area (Å²) in [7, 11) is -3.90. The summed E-state index contributed by atoms with van der Waals surface area (Å²) in [5.41, 5.74) is -2.78. The normalized spacial score (nSPS) is 18.3. The van der Waals surface area contributed by atoms with Crippen molar-refractivity contribution in [2.24, 2.45) is 0 Å². The van der Waals surface area contributed by atoms with Crippen LogP contribution in [0, 0.1) is 17.5 Å². The van der Waals surface area contributed by atoms with Gasteiger partial charge in [-0.2, -0.15) is 13.2 Å². The molecule has 1 amide bonds. The average Bonchev–Trinajstić information content (AvgIpc) is 2.80. The van der Waals surface area contributed by atoms with E-state index < -0.39 is 68.6 Å². The molecule has 38 heavy (non-hydrogen) atoms. The summed E-state index contributed by atoms with van der Waals surface area (Å²) >= 11 is 0. The molecule has 0 bridgehead atoms. The maximum Gasteiger partial charge on any atom is 0.433 e. The van der Waals surface area contributed by atoms with Crippen LogP contribution in [-0.2, 0) is 16.2 Å². The predicted molar refractivity (Wildman–Crippen MR) is 129 cm³/mol. The number of amides is 1. The van der Waals surface area contributed by atoms with Crippen molar-refractivity contribution in [2.45, 2.75) is 43.9 Å². The zero-order valence-electron chi connectivity index (χ0n) is 19.8. The summed E-state index contributed by atoms with van der Waals surface area (Å²) in [6.45, 7) is 0. The van der Waals surface area contributed by atoms with Crippen molar-refractivity contribution in [3.05, 3.63) is 65.1 Å². The second-order valence-corrected chi connectivity index (χ2v) is 10.8. The SMILES string of the molecule is CS(=O)(=O)Nc1ccc(F)c(C(=O)NC2CCCC(Nc3cc(C(F)(F)F)nc4ccc(F)cc34)C2)c1F. The first kappa shape index (κ1) is 27.5. The Labute approximate surface area is 213 Å². The minimum atomic E-state index is -4.74. The monoisotopic (exact) mass is 560 g/mol. The quantitative estimate of drug-likeness (QED) is 0.360. The predicted octanol–water partition coefficient (Wildman–Crippen LogP) is 5.20. The summed E-state index contributed by atoms with van der Waals surface area (Å²) < 4.78 is 108. The number of hydrogen-bond donors (Lipinski definition) is 3. The Bertz CT molecular complexity index is 1500. The van der Waals surface area contributed by atoms with Gasteiger partial charge in [-0.05, 0) is 62.1 Å². The zero-order chi connectivity index (χ0) is 27.8. The van der Waals surface area contributed by atoms with Crippen LogP contribution < -0.4 is 15.4 Å². The maximum atomic E-state index is 14.8. The van der Waals surface area contributed by atoms with Crippen molar-refractivity contribution in [3.63, 3.8) is 0 Å². The van der Waals surface area contributed by atoms with Gasteiger partial charge in [-0.1, -0.05) is 0 Å². The molecule has 1 aromatic heterocycles. The second-order valence-electron chi connectivity index (χ2n) is 9.05. The lowest BCUT2D eigenvalue weighted by Crippen LogP contribution is -2.42. The molecular weight excluding hydrogens is 538 g/mol. The van der Waals surface area contributed by atoms with Gasteiger partial charge in [-0.3, -0.25) is 9.52 Å². The van der Waals surface area contributed by atoms with E-state index in [1.165, 1.54) is 0 Å². The summed E-state index contributed by atoms with van der Waals surface area (Å²) in [6.07, 6.45) is -2.33. The van der Waals surface area contributed by atoms with Crippen LogP contribution in [0.2, 0.25) is 0 Å². The van der Waals surface area contributed by atoms with E-state index >= 15 is 0 Å². The van der Waals surface area contributed by atoms with Crippen molar-refractivity contribution < 1.29 is 39.6 Å². The fourth-order valence-corrected chi connectivity index (χ4v) is 4.99. The molecule has 204 valence electrons. The Kier molecular flexibility index (Phi) is 7.46. The van der Waals surface area contributed by atoms with E-state index in [4.69, 9.17) is 0 Å². The van der Waals surface area contributed by atoms with Crippen LogP contribution in [0.25, 0.3) is 10.9 Å². The summed E-state index contributed by atoms with van der Waals surface area (Å²) in [6, 6.07) is 4.53. The third kappa shape index (κ3) is 6.29. The number of anilines is 2. The third-order valence-electron chi connectivity index (χ3n) is 6.04. The molecular formula is C24H22F6N4O3S. The molecule has 2 unspecified atom stereocenters. The minimum Gasteiger partial charge on any atom is -0.382 e. The number of nitrogens with zero attached hydrogens (tertiary/aromatic N) is 1. The first-order chi connectivity index (χ1) is 17.7. The minimum absolute atomic E-state index is 0.00967. The van der Waals surface area contributed by atoms with E-state index in [-0.39, 0.29) is 23.0 Å². The number of hydrogen-bond acceptors (Lipinski definition) is 5. The van der Waals surface area contributed by atoms with Crippen LogP contribution in [-0.4, -0.2) is 37.6 Å². The van der Waals surface area contributed by atoms with Crippen LogP contribution in [0.3, 0.4) is 0 Å². The van der Waals surface area contributed by atoms with Gasteiger partial charge in [-0.15, -0.1) is 0 Å². The number of benzene rings is 2. The molecule has 1 saturated carbocycles. The van der Waals surface area contributed by atoms with E-state index in [1.54, 1.807) is 0 Å². The number of alkyl halides is 3. The molecule has 1 aliphatic carbocycles. The molecule has 7 nitrogen and oxygen atoms in total. The zero-order valence-corrected chi connectivity index (χ0v) is 20.6. The number of rotatable bonds is 6. The molecule has 1 fully saturated rings. The smallest absolute Gasteiger partial charge is 0.382 e. The second kappa shape index (κ2) is 10.3. The number of carbonyl (C=O) groups is 1. The first-order valence-corrected chi connectivity index (χ1v) is 13.3. The highest BCUT2D eigenvalue weighted by Gasteiger charge is 2.34. The van der Waals surface area contributed by atoms with Gasteiger partial charge < -0.3 is 10.6 Å². The Morgan fingerprint density at radius 3 is 2.39 bits per heavy atom. The lowest BCUT2D eigenvalue weighted by Gasteiger charge is -2.31. The van der Waals surface area contributed by atoms with Gasteiger partial charge in [0, 0.05) is 23.2 Å². The van der Waals surface area contributed by atoms with Crippen LogP contribution in [0.1, 0.15) is 41.7 Å². The fourth-order valence-electron chi connectivity index (χ4n) is 4.43. The van der Waals surface area contributed by atoms with Crippen LogP contribution in [0.4, 0.5) is 37.7 Å². The number of pyridine rings is 1. The maximum absolute atomic E-state index is 14.8. The molecule has 1 aliphatic rings. The first-order valence-electron chi connectivity index (χ1n) is 11.4. The van der Waals surface area contributed by atoms with Crippen molar-refractivity contribution in [3.8, 4) is 0 Å². The lowest BCUT2D eigenvalue weighted by atomic mass is 9.90. The molecule has 4 rings (SSSR count). The molecule has 2 atom stereocenters. The molecule has 0 aliphatic heterocycles. The van der Waals surface area contributed by atoms with Gasteiger partial charge >= 0.3 is 6.18 Å². The summed E-state index contributed by atoms with van der Waals surface area (Å²) in [4.78, 5) is 16.3. The Hall–Kier alpha value is -3.55. The molecule has 14 heteroatoms. The van der Waals surface area contributed by atoms with Gasteiger partial charge in [-0.25, -0.2) is 26.6 Å². The van der Waals surface area contributed by atoms with Gasteiger partial charge in [0.05, 0.1) is 17.5 Å². The summed E-state index contributed by atoms with van der Waals surface area (Å²) in [5, 5.41) is 5.64. The van der Waals surface area contributed by atoms with Gasteiger partial charge in [0.25, 0.3) is 5.91 Å². The van der Waals surface area contributed by atoms with Gasteiger partial charge in [0.2, 0.25) is 10.0 Å². The van der Waals surface area contributed by atoms with E-state index in [1.807, 2.05) is 4.72 Å². The Morgan fingerprint density at radius 2 is 1.71 bits per heavy atom.